The number of nitrogens with one attached hydrogen (secondary N) is 1. The third kappa shape index (κ3) is 2.36. The van der Waals surface area contributed by atoms with Crippen LogP contribution in [0.4, 0.5) is 5.69 Å². The zero-order valence-electron chi connectivity index (χ0n) is 10.7. The fraction of sp³-hybridized carbons (Fsp3) is 0.571. The summed E-state index contributed by atoms with van der Waals surface area (Å²) in [6.07, 6.45) is 2.60. The Labute approximate surface area is 117 Å². The summed E-state index contributed by atoms with van der Waals surface area (Å²) in [5, 5.41) is 3.69. The Morgan fingerprint density at radius 3 is 2.94 bits per heavy atom. The lowest BCUT2D eigenvalue weighted by Gasteiger charge is -2.31. The lowest BCUT2D eigenvalue weighted by Crippen LogP contribution is -2.39. The minimum Gasteiger partial charge on any atom is -0.496 e. The number of benzene rings is 1. The second-order valence-corrected chi connectivity index (χ2v) is 6.09. The predicted molar refractivity (Wildman–Crippen MR) is 77.3 cm³/mol. The van der Waals surface area contributed by atoms with Crippen molar-refractivity contribution >= 4 is 21.6 Å². The lowest BCUT2D eigenvalue weighted by atomic mass is 9.94. The van der Waals surface area contributed by atoms with Crippen LogP contribution in [0.3, 0.4) is 0 Å². The van der Waals surface area contributed by atoms with Crippen molar-refractivity contribution in [1.29, 1.82) is 0 Å². The smallest absolute Gasteiger partial charge is 0.133 e. The van der Waals surface area contributed by atoms with Gasteiger partial charge in [0.2, 0.25) is 0 Å². The average Bonchev–Trinajstić information content (AvgIpc) is 2.76. The third-order valence-corrected chi connectivity index (χ3v) is 4.76. The number of halogens is 1. The van der Waals surface area contributed by atoms with Gasteiger partial charge in [0.25, 0.3) is 0 Å². The van der Waals surface area contributed by atoms with Crippen molar-refractivity contribution in [2.24, 2.45) is 5.92 Å². The van der Waals surface area contributed by atoms with Crippen molar-refractivity contribution in [2.45, 2.75) is 18.9 Å². The summed E-state index contributed by atoms with van der Waals surface area (Å²) < 4.78 is 6.27. The fourth-order valence-corrected chi connectivity index (χ4v) is 3.65. The Morgan fingerprint density at radius 1 is 1.33 bits per heavy atom. The Balaban J connectivity index is 1.70. The van der Waals surface area contributed by atoms with Gasteiger partial charge in [0.1, 0.15) is 5.75 Å². The highest BCUT2D eigenvalue weighted by Gasteiger charge is 2.34. The van der Waals surface area contributed by atoms with Gasteiger partial charge in [-0.3, -0.25) is 0 Å². The summed E-state index contributed by atoms with van der Waals surface area (Å²) >= 11 is 3.54. The largest absolute Gasteiger partial charge is 0.496 e. The number of anilines is 1. The highest BCUT2D eigenvalue weighted by atomic mass is 79.9. The van der Waals surface area contributed by atoms with Gasteiger partial charge in [-0.2, -0.15) is 0 Å². The molecule has 98 valence electrons. The molecule has 0 amide bonds. The zero-order valence-corrected chi connectivity index (χ0v) is 12.2. The van der Waals surface area contributed by atoms with Gasteiger partial charge in [-0.1, -0.05) is 0 Å². The van der Waals surface area contributed by atoms with Crippen LogP contribution in [0.2, 0.25) is 0 Å². The van der Waals surface area contributed by atoms with E-state index in [1.807, 2.05) is 6.07 Å². The van der Waals surface area contributed by atoms with Crippen molar-refractivity contribution in [1.82, 2.24) is 4.90 Å². The third-order valence-electron chi connectivity index (χ3n) is 4.14. The molecule has 1 aromatic carbocycles. The fourth-order valence-electron chi connectivity index (χ4n) is 3.11. The first-order valence-corrected chi connectivity index (χ1v) is 7.38. The molecule has 1 aromatic rings. The van der Waals surface area contributed by atoms with E-state index in [0.29, 0.717) is 6.04 Å². The summed E-state index contributed by atoms with van der Waals surface area (Å²) in [5.41, 5.74) is 1.19. The highest BCUT2D eigenvalue weighted by molar-refractivity contribution is 9.10. The van der Waals surface area contributed by atoms with Crippen LogP contribution in [0.1, 0.15) is 12.8 Å². The van der Waals surface area contributed by atoms with Gasteiger partial charge in [0.15, 0.2) is 0 Å². The van der Waals surface area contributed by atoms with E-state index < -0.39 is 0 Å². The van der Waals surface area contributed by atoms with Crippen LogP contribution >= 0.6 is 15.9 Å². The average molecular weight is 311 g/mol. The molecule has 18 heavy (non-hydrogen) atoms. The van der Waals surface area contributed by atoms with Crippen molar-refractivity contribution in [3.63, 3.8) is 0 Å². The molecule has 3 rings (SSSR count). The summed E-state index contributed by atoms with van der Waals surface area (Å²) in [6, 6.07) is 6.85. The molecule has 2 aliphatic heterocycles. The maximum Gasteiger partial charge on any atom is 0.133 e. The molecule has 0 aliphatic carbocycles. The number of rotatable bonds is 3. The topological polar surface area (TPSA) is 24.5 Å². The maximum absolute atomic E-state index is 5.26. The Bertz CT molecular complexity index is 438. The van der Waals surface area contributed by atoms with E-state index in [1.54, 1.807) is 7.11 Å². The van der Waals surface area contributed by atoms with Crippen LogP contribution in [0.5, 0.6) is 5.75 Å². The van der Waals surface area contributed by atoms with Gasteiger partial charge in [-0.15, -0.1) is 0 Å². The van der Waals surface area contributed by atoms with Gasteiger partial charge in [-0.05, 0) is 59.4 Å². The van der Waals surface area contributed by atoms with E-state index in [4.69, 9.17) is 4.74 Å². The first-order valence-electron chi connectivity index (χ1n) is 6.58. The number of ether oxygens (including phenoxy) is 1. The number of hydrogen-bond acceptors (Lipinski definition) is 3. The molecule has 0 aromatic heterocycles. The molecule has 2 fully saturated rings. The van der Waals surface area contributed by atoms with Crippen molar-refractivity contribution < 1.29 is 4.74 Å². The van der Waals surface area contributed by atoms with E-state index in [0.717, 1.165) is 16.1 Å². The monoisotopic (exact) mass is 310 g/mol. The molecule has 2 saturated heterocycles. The zero-order chi connectivity index (χ0) is 12.5. The summed E-state index contributed by atoms with van der Waals surface area (Å²) in [7, 11) is 1.70. The van der Waals surface area contributed by atoms with Gasteiger partial charge >= 0.3 is 0 Å². The Hall–Kier alpha value is -0.740. The lowest BCUT2D eigenvalue weighted by molar-refractivity contribution is 0.255. The minimum absolute atomic E-state index is 0.629. The van der Waals surface area contributed by atoms with Gasteiger partial charge in [0, 0.05) is 24.8 Å². The molecule has 3 nitrogen and oxygen atoms in total. The molecular weight excluding hydrogens is 292 g/mol. The molecule has 4 heteroatoms. The number of methoxy groups -OCH3 is 1. The molecule has 0 spiro atoms. The van der Waals surface area contributed by atoms with Crippen molar-refractivity contribution in [3.8, 4) is 5.75 Å². The van der Waals surface area contributed by atoms with Crippen molar-refractivity contribution in [3.05, 3.63) is 22.7 Å². The van der Waals surface area contributed by atoms with E-state index in [2.05, 4.69) is 38.3 Å². The normalized spacial score (nSPS) is 30.2. The molecule has 3 unspecified atom stereocenters. The molecular formula is C14H19BrN2O. The molecule has 0 saturated carbocycles. The van der Waals surface area contributed by atoms with Crippen LogP contribution in [-0.2, 0) is 0 Å². The van der Waals surface area contributed by atoms with Gasteiger partial charge in [0.05, 0.1) is 11.6 Å². The second-order valence-electron chi connectivity index (χ2n) is 5.24. The summed E-state index contributed by atoms with van der Waals surface area (Å²) in [6.45, 7) is 3.80. The van der Waals surface area contributed by atoms with E-state index in [-0.39, 0.29) is 0 Å². The van der Waals surface area contributed by atoms with E-state index >= 15 is 0 Å². The van der Waals surface area contributed by atoms with Gasteiger partial charge in [-0.25, -0.2) is 0 Å². The Kier molecular flexibility index (Phi) is 3.48. The summed E-state index contributed by atoms with van der Waals surface area (Å²) in [5.74, 6) is 1.70. The first kappa shape index (κ1) is 12.3. The SMILES string of the molecule is COc1ccc(NC2CCN3CCC2C3)cc1Br. The molecule has 2 heterocycles. The number of nitrogens with zero attached hydrogens (tertiary/aromatic N) is 1. The second kappa shape index (κ2) is 5.10. The predicted octanol–water partition coefficient (Wildman–Crippen LogP) is 2.96. The minimum atomic E-state index is 0.629. The van der Waals surface area contributed by atoms with Crippen LogP contribution in [0.15, 0.2) is 22.7 Å². The van der Waals surface area contributed by atoms with Crippen LogP contribution < -0.4 is 10.1 Å². The maximum atomic E-state index is 5.26. The Morgan fingerprint density at radius 2 is 2.17 bits per heavy atom. The van der Waals surface area contributed by atoms with E-state index in [9.17, 15) is 0 Å². The van der Waals surface area contributed by atoms with Crippen molar-refractivity contribution in [2.75, 3.05) is 32.1 Å². The molecule has 2 bridgehead atoms. The highest BCUT2D eigenvalue weighted by Crippen LogP contribution is 2.32. The number of fused-ring (bicyclic) bond motifs is 2. The van der Waals surface area contributed by atoms with Crippen LogP contribution in [0, 0.1) is 5.92 Å². The molecule has 2 aliphatic rings. The quantitative estimate of drug-likeness (QED) is 0.929. The number of hydrogen-bond donors (Lipinski definition) is 1. The molecule has 0 radical (unpaired) electrons. The molecule has 3 atom stereocenters. The van der Waals surface area contributed by atoms with E-state index in [1.165, 1.54) is 38.2 Å². The van der Waals surface area contributed by atoms with Gasteiger partial charge < -0.3 is 15.0 Å². The first-order chi connectivity index (χ1) is 8.76. The van der Waals surface area contributed by atoms with Crippen LogP contribution in [0.25, 0.3) is 0 Å². The standard InChI is InChI=1S/C14H19BrN2O/c1-18-14-3-2-11(8-12(14)15)16-13-5-7-17-6-4-10(13)9-17/h2-3,8,10,13,16H,4-7,9H2,1H3. The number of piperidine rings is 1. The summed E-state index contributed by atoms with van der Waals surface area (Å²) in [4.78, 5) is 2.58. The molecule has 1 N–H and O–H groups in total. The van der Waals surface area contributed by atoms with Crippen LogP contribution in [-0.4, -0.2) is 37.7 Å².